The van der Waals surface area contributed by atoms with Crippen LogP contribution in [0, 0.1) is 0 Å². The van der Waals surface area contributed by atoms with Crippen LogP contribution in [0.4, 0.5) is 26.3 Å². The molecule has 1 aromatic carbocycles. The van der Waals surface area contributed by atoms with E-state index >= 15 is 0 Å². The second kappa shape index (κ2) is 5.76. The van der Waals surface area contributed by atoms with Crippen LogP contribution in [0.25, 0.3) is 0 Å². The van der Waals surface area contributed by atoms with E-state index in [1.165, 1.54) is 0 Å². The van der Waals surface area contributed by atoms with Gasteiger partial charge in [0.25, 0.3) is 0 Å². The molecule has 0 aliphatic carbocycles. The second-order valence-electron chi connectivity index (χ2n) is 3.37. The minimum absolute atomic E-state index is 0. The first kappa shape index (κ1) is 18.3. The molecule has 1 atom stereocenters. The highest BCUT2D eigenvalue weighted by Gasteiger charge is 2.45. The molecule has 1 aromatic rings. The number of nitrogens with two attached hydrogens (primary N) is 1. The highest BCUT2D eigenvalue weighted by Crippen LogP contribution is 2.45. The maximum absolute atomic E-state index is 12.6. The van der Waals surface area contributed by atoms with Gasteiger partial charge < -0.3 is 10.8 Å². The zero-order valence-electron chi connectivity index (χ0n) is 8.81. The maximum Gasteiger partial charge on any atom is 0.416 e. The molecule has 0 heterocycles. The molecule has 10 heteroatoms. The van der Waals surface area contributed by atoms with E-state index in [-0.39, 0.29) is 16.9 Å². The number of rotatable bonds is 1. The fourth-order valence-corrected chi connectivity index (χ4v) is 1.65. The number of phenolic OH excluding ortho intramolecular Hbond substituents is 1. The second-order valence-corrected chi connectivity index (χ2v) is 4.23. The van der Waals surface area contributed by atoms with Gasteiger partial charge in [-0.05, 0) is 28.1 Å². The van der Waals surface area contributed by atoms with E-state index in [1.54, 1.807) is 0 Å². The molecule has 0 unspecified atom stereocenters. The smallest absolute Gasteiger partial charge is 0.416 e. The van der Waals surface area contributed by atoms with Gasteiger partial charge in [-0.3, -0.25) is 0 Å². The van der Waals surface area contributed by atoms with Crippen molar-refractivity contribution in [2.45, 2.75) is 18.4 Å². The summed E-state index contributed by atoms with van der Waals surface area (Å²) >= 11 is 2.64. The summed E-state index contributed by atoms with van der Waals surface area (Å²) in [6.45, 7) is 0. The Morgan fingerprint density at radius 3 is 1.95 bits per heavy atom. The van der Waals surface area contributed by atoms with Crippen molar-refractivity contribution in [3.63, 3.8) is 0 Å². The summed E-state index contributed by atoms with van der Waals surface area (Å²) < 4.78 is 74.6. The molecule has 0 amide bonds. The third-order valence-corrected chi connectivity index (χ3v) is 2.78. The van der Waals surface area contributed by atoms with Crippen molar-refractivity contribution in [3.05, 3.63) is 27.7 Å². The Morgan fingerprint density at radius 1 is 1.11 bits per heavy atom. The minimum Gasteiger partial charge on any atom is -0.506 e. The summed E-state index contributed by atoms with van der Waals surface area (Å²) in [7, 11) is 0. The van der Waals surface area contributed by atoms with Crippen molar-refractivity contribution in [3.8, 4) is 5.75 Å². The lowest BCUT2D eigenvalue weighted by atomic mass is 9.99. The fourth-order valence-electron chi connectivity index (χ4n) is 1.31. The molecule has 0 saturated heterocycles. The molecule has 0 radical (unpaired) electrons. The molecule has 0 spiro atoms. The van der Waals surface area contributed by atoms with Crippen molar-refractivity contribution in [1.29, 1.82) is 0 Å². The molecule has 2 nitrogen and oxygen atoms in total. The number of phenols is 1. The molecule has 3 N–H and O–H groups in total. The number of hydrogen-bond donors (Lipinski definition) is 2. The van der Waals surface area contributed by atoms with Crippen LogP contribution in [-0.4, -0.2) is 11.3 Å². The van der Waals surface area contributed by atoms with Crippen LogP contribution in [0.1, 0.15) is 17.2 Å². The molecule has 19 heavy (non-hydrogen) atoms. The minimum atomic E-state index is -5.10. The van der Waals surface area contributed by atoms with Crippen LogP contribution >= 0.6 is 28.3 Å². The largest absolute Gasteiger partial charge is 0.506 e. The Hall–Kier alpha value is -0.670. The number of alkyl halides is 6. The predicted octanol–water partition coefficient (Wildman–Crippen LogP) is 4.16. The first-order chi connectivity index (χ1) is 7.96. The Labute approximate surface area is 118 Å². The van der Waals surface area contributed by atoms with Crippen molar-refractivity contribution < 1.29 is 31.4 Å². The van der Waals surface area contributed by atoms with E-state index in [4.69, 9.17) is 5.73 Å². The monoisotopic (exact) mass is 373 g/mol. The average molecular weight is 375 g/mol. The molecule has 0 bridgehead atoms. The lowest BCUT2D eigenvalue weighted by Crippen LogP contribution is -2.30. The van der Waals surface area contributed by atoms with Crippen molar-refractivity contribution >= 4 is 28.3 Å². The number of aromatic hydroxyl groups is 1. The Bertz CT molecular complexity index is 461. The SMILES string of the molecule is Cl.N[C@H](c1c(C(F)(F)F)ccc(Br)c1O)C(F)(F)F. The third kappa shape index (κ3) is 3.90. The van der Waals surface area contributed by atoms with E-state index in [2.05, 4.69) is 15.9 Å². The molecular weight excluding hydrogens is 367 g/mol. The topological polar surface area (TPSA) is 46.2 Å². The van der Waals surface area contributed by atoms with Gasteiger partial charge in [-0.2, -0.15) is 26.3 Å². The first-order valence-corrected chi connectivity index (χ1v) is 5.16. The van der Waals surface area contributed by atoms with Crippen molar-refractivity contribution in [2.24, 2.45) is 5.73 Å². The highest BCUT2D eigenvalue weighted by atomic mass is 79.9. The van der Waals surface area contributed by atoms with Gasteiger partial charge in [-0.25, -0.2) is 0 Å². The van der Waals surface area contributed by atoms with Crippen LogP contribution in [0.15, 0.2) is 16.6 Å². The zero-order valence-corrected chi connectivity index (χ0v) is 11.2. The van der Waals surface area contributed by atoms with Crippen molar-refractivity contribution in [1.82, 2.24) is 0 Å². The molecule has 0 aliphatic rings. The van der Waals surface area contributed by atoms with Gasteiger partial charge in [0.15, 0.2) is 0 Å². The molecule has 0 aromatic heterocycles. The molecule has 110 valence electrons. The van der Waals surface area contributed by atoms with Gasteiger partial charge in [0, 0.05) is 5.56 Å². The number of halogens is 8. The van der Waals surface area contributed by atoms with Gasteiger partial charge in [-0.15, -0.1) is 12.4 Å². The predicted molar refractivity (Wildman–Crippen MR) is 61.0 cm³/mol. The van der Waals surface area contributed by atoms with Crippen LogP contribution in [0.2, 0.25) is 0 Å². The fraction of sp³-hybridized carbons (Fsp3) is 0.333. The van der Waals surface area contributed by atoms with Crippen LogP contribution in [0.5, 0.6) is 5.75 Å². The van der Waals surface area contributed by atoms with Crippen molar-refractivity contribution in [2.75, 3.05) is 0 Å². The quantitative estimate of drug-likeness (QED) is 0.725. The molecule has 0 fully saturated rings. The summed E-state index contributed by atoms with van der Waals surface area (Å²) in [5.74, 6) is -1.17. The van der Waals surface area contributed by atoms with E-state index in [0.29, 0.717) is 6.07 Å². The Kier molecular flexibility index (Phi) is 5.56. The average Bonchev–Trinajstić information content (AvgIpc) is 2.17. The number of benzene rings is 1. The first-order valence-electron chi connectivity index (χ1n) is 4.37. The summed E-state index contributed by atoms with van der Waals surface area (Å²) in [6.07, 6.45) is -10.1. The summed E-state index contributed by atoms with van der Waals surface area (Å²) in [5, 5.41) is 9.35. The number of hydrogen-bond acceptors (Lipinski definition) is 2. The Morgan fingerprint density at radius 2 is 1.58 bits per heavy atom. The molecule has 0 aliphatic heterocycles. The summed E-state index contributed by atoms with van der Waals surface area (Å²) in [4.78, 5) is 0. The van der Waals surface area contributed by atoms with E-state index < -0.39 is 35.3 Å². The van der Waals surface area contributed by atoms with Crippen LogP contribution in [0.3, 0.4) is 0 Å². The Balaban J connectivity index is 0.00000324. The van der Waals surface area contributed by atoms with Crippen LogP contribution in [-0.2, 0) is 6.18 Å². The summed E-state index contributed by atoms with van der Waals surface area (Å²) in [5.41, 5.74) is 1.72. The van der Waals surface area contributed by atoms with Gasteiger partial charge in [0.1, 0.15) is 11.8 Å². The maximum atomic E-state index is 12.6. The third-order valence-electron chi connectivity index (χ3n) is 2.14. The molecule has 1 rings (SSSR count). The van der Waals surface area contributed by atoms with E-state index in [9.17, 15) is 31.4 Å². The zero-order chi connectivity index (χ0) is 14.3. The normalized spacial score (nSPS) is 13.9. The molecule has 0 saturated carbocycles. The van der Waals surface area contributed by atoms with Gasteiger partial charge in [0.2, 0.25) is 0 Å². The van der Waals surface area contributed by atoms with Gasteiger partial charge in [0.05, 0.1) is 10.0 Å². The standard InChI is InChI=1S/C9H6BrF6NO.ClH/c10-4-2-1-3(8(11,12)13)5(6(4)18)7(17)9(14,15)16;/h1-2,7,18H,17H2;1H/t7-;/m1./s1. The summed E-state index contributed by atoms with van der Waals surface area (Å²) in [6, 6.07) is -1.71. The van der Waals surface area contributed by atoms with Gasteiger partial charge in [-0.1, -0.05) is 0 Å². The van der Waals surface area contributed by atoms with E-state index in [1.807, 2.05) is 0 Å². The lowest BCUT2D eigenvalue weighted by Gasteiger charge is -2.22. The highest BCUT2D eigenvalue weighted by molar-refractivity contribution is 9.10. The van der Waals surface area contributed by atoms with Crippen LogP contribution < -0.4 is 5.73 Å². The lowest BCUT2D eigenvalue weighted by molar-refractivity contribution is -0.156. The van der Waals surface area contributed by atoms with E-state index in [0.717, 1.165) is 6.07 Å². The molecular formula is C9H7BrClF6NO. The van der Waals surface area contributed by atoms with Gasteiger partial charge >= 0.3 is 12.4 Å².